The minimum absolute atomic E-state index is 0.203. The van der Waals surface area contributed by atoms with E-state index >= 15 is 0 Å². The number of carboxylic acids is 1. The van der Waals surface area contributed by atoms with E-state index in [1.54, 1.807) is 0 Å². The molecule has 0 amide bonds. The van der Waals surface area contributed by atoms with Crippen molar-refractivity contribution in [3.63, 3.8) is 0 Å². The second-order valence-electron chi connectivity index (χ2n) is 3.78. The van der Waals surface area contributed by atoms with Crippen molar-refractivity contribution in [2.24, 2.45) is 0 Å². The number of carbonyl (C=O) groups is 1. The number of rotatable bonds is 7. The summed E-state index contributed by atoms with van der Waals surface area (Å²) in [4.78, 5) is 15.1. The van der Waals surface area contributed by atoms with Crippen molar-refractivity contribution in [1.82, 2.24) is 4.98 Å². The summed E-state index contributed by atoms with van der Waals surface area (Å²) in [6, 6.07) is 0. The average molecular weight is 274 g/mol. The average Bonchev–Trinajstić information content (AvgIpc) is 2.81. The van der Waals surface area contributed by atoms with Gasteiger partial charge in [-0.15, -0.1) is 0 Å². The summed E-state index contributed by atoms with van der Waals surface area (Å²) in [5, 5.41) is 12.7. The highest BCUT2D eigenvalue weighted by molar-refractivity contribution is 8.00. The number of aromatic nitrogens is 1. The second kappa shape index (κ2) is 6.26. The molecule has 4 nitrogen and oxygen atoms in total. The lowest BCUT2D eigenvalue weighted by Crippen LogP contribution is -2.31. The molecule has 0 aliphatic carbocycles. The minimum atomic E-state index is -0.919. The number of carboxylic acid groups (broad SMARTS) is 1. The molecular weight excluding hydrogens is 256 g/mol. The maximum Gasteiger partial charge on any atom is 0.347 e. The first-order valence-corrected chi connectivity index (χ1v) is 7.59. The molecule has 0 saturated carbocycles. The molecular formula is C11H18N2O2S2. The van der Waals surface area contributed by atoms with Crippen LogP contribution in [0.15, 0.2) is 6.20 Å². The van der Waals surface area contributed by atoms with Crippen LogP contribution in [0.2, 0.25) is 0 Å². The first-order valence-electron chi connectivity index (χ1n) is 5.55. The van der Waals surface area contributed by atoms with Crippen LogP contribution in [-0.2, 0) is 0 Å². The van der Waals surface area contributed by atoms with Gasteiger partial charge in [-0.05, 0) is 19.1 Å². The molecule has 1 aromatic heterocycles. The molecule has 0 aliphatic heterocycles. The fourth-order valence-corrected chi connectivity index (χ4v) is 3.00. The Hall–Kier alpha value is -0.750. The van der Waals surface area contributed by atoms with Gasteiger partial charge in [0, 0.05) is 11.3 Å². The standard InChI is InChI=1S/C11H18N2O2S2/c1-4-11(5-2,16-3)7-13-10-12-6-8(17-10)9(14)15/h6H,4-5,7H2,1-3H3,(H,12,13)(H,14,15). The molecule has 17 heavy (non-hydrogen) atoms. The van der Waals surface area contributed by atoms with E-state index < -0.39 is 5.97 Å². The van der Waals surface area contributed by atoms with Crippen molar-refractivity contribution in [3.05, 3.63) is 11.1 Å². The summed E-state index contributed by atoms with van der Waals surface area (Å²) < 4.78 is 0.203. The van der Waals surface area contributed by atoms with E-state index in [-0.39, 0.29) is 9.62 Å². The highest BCUT2D eigenvalue weighted by atomic mass is 32.2. The minimum Gasteiger partial charge on any atom is -0.477 e. The van der Waals surface area contributed by atoms with Crippen molar-refractivity contribution < 1.29 is 9.90 Å². The van der Waals surface area contributed by atoms with Crippen LogP contribution >= 0.6 is 23.1 Å². The van der Waals surface area contributed by atoms with Gasteiger partial charge in [-0.3, -0.25) is 0 Å². The highest BCUT2D eigenvalue weighted by Crippen LogP contribution is 2.31. The molecule has 0 fully saturated rings. The van der Waals surface area contributed by atoms with Crippen LogP contribution < -0.4 is 5.32 Å². The van der Waals surface area contributed by atoms with E-state index in [0.29, 0.717) is 5.13 Å². The third-order valence-corrected chi connectivity index (χ3v) is 5.53. The highest BCUT2D eigenvalue weighted by Gasteiger charge is 2.24. The fraction of sp³-hybridized carbons (Fsp3) is 0.636. The van der Waals surface area contributed by atoms with Gasteiger partial charge in [-0.2, -0.15) is 11.8 Å². The van der Waals surface area contributed by atoms with Gasteiger partial charge < -0.3 is 10.4 Å². The molecule has 0 unspecified atom stereocenters. The molecule has 1 rings (SSSR count). The lowest BCUT2D eigenvalue weighted by Gasteiger charge is -2.29. The summed E-state index contributed by atoms with van der Waals surface area (Å²) in [7, 11) is 0. The van der Waals surface area contributed by atoms with E-state index in [9.17, 15) is 4.79 Å². The Kier molecular flexibility index (Phi) is 5.27. The monoisotopic (exact) mass is 274 g/mol. The van der Waals surface area contributed by atoms with Gasteiger partial charge in [0.15, 0.2) is 5.13 Å². The Balaban J connectivity index is 2.62. The van der Waals surface area contributed by atoms with Crippen LogP contribution in [0.5, 0.6) is 0 Å². The van der Waals surface area contributed by atoms with Crippen LogP contribution in [0.1, 0.15) is 36.4 Å². The quantitative estimate of drug-likeness (QED) is 0.799. The van der Waals surface area contributed by atoms with E-state index in [0.717, 1.165) is 19.4 Å². The van der Waals surface area contributed by atoms with Gasteiger partial charge in [-0.25, -0.2) is 9.78 Å². The van der Waals surface area contributed by atoms with E-state index in [2.05, 4.69) is 30.4 Å². The molecule has 0 radical (unpaired) electrons. The Morgan fingerprint density at radius 1 is 1.59 bits per heavy atom. The molecule has 6 heteroatoms. The molecule has 96 valence electrons. The van der Waals surface area contributed by atoms with Crippen LogP contribution in [-0.4, -0.2) is 33.6 Å². The van der Waals surface area contributed by atoms with Crippen molar-refractivity contribution in [2.75, 3.05) is 18.1 Å². The number of aromatic carboxylic acids is 1. The zero-order valence-electron chi connectivity index (χ0n) is 10.3. The van der Waals surface area contributed by atoms with Gasteiger partial charge in [0.05, 0.1) is 6.20 Å². The zero-order valence-corrected chi connectivity index (χ0v) is 12.0. The van der Waals surface area contributed by atoms with E-state index in [1.165, 1.54) is 17.5 Å². The van der Waals surface area contributed by atoms with Crippen molar-refractivity contribution in [1.29, 1.82) is 0 Å². The molecule has 1 aromatic rings. The summed E-state index contributed by atoms with van der Waals surface area (Å²) in [6.45, 7) is 5.16. The summed E-state index contributed by atoms with van der Waals surface area (Å²) in [5.41, 5.74) is 0. The van der Waals surface area contributed by atoms with Crippen LogP contribution in [0, 0.1) is 0 Å². The predicted octanol–water partition coefficient (Wildman–Crippen LogP) is 3.18. The zero-order chi connectivity index (χ0) is 12.9. The number of thioether (sulfide) groups is 1. The number of anilines is 1. The number of nitrogens with zero attached hydrogens (tertiary/aromatic N) is 1. The summed E-state index contributed by atoms with van der Waals surface area (Å²) in [6.07, 6.45) is 5.66. The number of nitrogens with one attached hydrogen (secondary N) is 1. The lowest BCUT2D eigenvalue weighted by atomic mass is 10.0. The molecule has 0 bridgehead atoms. The van der Waals surface area contributed by atoms with Gasteiger partial charge in [0.2, 0.25) is 0 Å². The third-order valence-electron chi connectivity index (χ3n) is 3.00. The molecule has 2 N–H and O–H groups in total. The Bertz CT molecular complexity index is 367. The van der Waals surface area contributed by atoms with Gasteiger partial charge >= 0.3 is 5.97 Å². The third kappa shape index (κ3) is 3.61. The molecule has 1 heterocycles. The lowest BCUT2D eigenvalue weighted by molar-refractivity contribution is 0.0702. The number of hydrogen-bond donors (Lipinski definition) is 2. The molecule has 0 saturated heterocycles. The van der Waals surface area contributed by atoms with Crippen molar-refractivity contribution >= 4 is 34.2 Å². The van der Waals surface area contributed by atoms with Crippen molar-refractivity contribution in [2.45, 2.75) is 31.4 Å². The maximum absolute atomic E-state index is 10.7. The van der Waals surface area contributed by atoms with Crippen LogP contribution in [0.3, 0.4) is 0 Å². The Morgan fingerprint density at radius 3 is 2.65 bits per heavy atom. The normalized spacial score (nSPS) is 11.5. The largest absolute Gasteiger partial charge is 0.477 e. The van der Waals surface area contributed by atoms with E-state index in [4.69, 9.17) is 5.11 Å². The van der Waals surface area contributed by atoms with Crippen LogP contribution in [0.25, 0.3) is 0 Å². The summed E-state index contributed by atoms with van der Waals surface area (Å²) in [5.74, 6) is -0.919. The maximum atomic E-state index is 10.7. The molecule has 0 aliphatic rings. The fourth-order valence-electron chi connectivity index (χ4n) is 1.55. The van der Waals surface area contributed by atoms with Crippen LogP contribution in [0.4, 0.5) is 5.13 Å². The number of hydrogen-bond acceptors (Lipinski definition) is 5. The first kappa shape index (κ1) is 14.3. The van der Waals surface area contributed by atoms with Gasteiger partial charge in [-0.1, -0.05) is 25.2 Å². The Morgan fingerprint density at radius 2 is 2.24 bits per heavy atom. The SMILES string of the molecule is CCC(CC)(CNc1ncc(C(=O)O)s1)SC. The first-order chi connectivity index (χ1) is 8.06. The Labute approximate surface area is 110 Å². The summed E-state index contributed by atoms with van der Waals surface area (Å²) >= 11 is 3.03. The smallest absolute Gasteiger partial charge is 0.347 e. The predicted molar refractivity (Wildman–Crippen MR) is 74.4 cm³/mol. The van der Waals surface area contributed by atoms with Gasteiger partial charge in [0.1, 0.15) is 4.88 Å². The second-order valence-corrected chi connectivity index (χ2v) is 6.09. The topological polar surface area (TPSA) is 62.2 Å². The molecule has 0 aromatic carbocycles. The molecule has 0 atom stereocenters. The number of thiazole rings is 1. The van der Waals surface area contributed by atoms with Gasteiger partial charge in [0.25, 0.3) is 0 Å². The van der Waals surface area contributed by atoms with E-state index in [1.807, 2.05) is 11.8 Å². The van der Waals surface area contributed by atoms with Crippen molar-refractivity contribution in [3.8, 4) is 0 Å². The molecule has 0 spiro atoms.